The number of nitrogens with one attached hydrogen (secondary N) is 4. The van der Waals surface area contributed by atoms with Crippen molar-refractivity contribution in [2.45, 2.75) is 57.5 Å². The predicted molar refractivity (Wildman–Crippen MR) is 102 cm³/mol. The second-order valence-corrected chi connectivity index (χ2v) is 9.10. The molecule has 1 amide bonds. The third kappa shape index (κ3) is 5.77. The van der Waals surface area contributed by atoms with E-state index in [-0.39, 0.29) is 36.0 Å². The maximum atomic E-state index is 12.4. The minimum Gasteiger partial charge on any atom is -0.353 e. The molecule has 1 saturated heterocycles. The molecule has 0 bridgehead atoms. The van der Waals surface area contributed by atoms with Crippen LogP contribution in [0.25, 0.3) is 0 Å². The monoisotopic (exact) mass is 382 g/mol. The van der Waals surface area contributed by atoms with Gasteiger partial charge < -0.3 is 5.32 Å². The fourth-order valence-corrected chi connectivity index (χ4v) is 4.45. The van der Waals surface area contributed by atoms with Crippen LogP contribution in [0.2, 0.25) is 0 Å². The summed E-state index contributed by atoms with van der Waals surface area (Å²) in [5.74, 6) is 0.449. The van der Waals surface area contributed by atoms with Crippen molar-refractivity contribution in [1.82, 2.24) is 20.9 Å². The summed E-state index contributed by atoms with van der Waals surface area (Å²) in [6.07, 6.45) is 1.74. The van der Waals surface area contributed by atoms with Crippen LogP contribution in [0, 0.1) is 19.8 Å². The van der Waals surface area contributed by atoms with Crippen LogP contribution in [0.3, 0.4) is 0 Å². The zero-order chi connectivity index (χ0) is 19.3. The average Bonchev–Trinajstić information content (AvgIpc) is 3.01. The van der Waals surface area contributed by atoms with Crippen LogP contribution >= 0.6 is 0 Å². The molecular weight excluding hydrogens is 352 g/mol. The molecule has 1 aliphatic heterocycles. The molecule has 1 aromatic rings. The van der Waals surface area contributed by atoms with Crippen molar-refractivity contribution in [1.29, 1.82) is 0 Å². The number of rotatable bonds is 8. The molecule has 7 nitrogen and oxygen atoms in total. The van der Waals surface area contributed by atoms with Crippen LogP contribution in [0.1, 0.15) is 37.8 Å². The zero-order valence-electron chi connectivity index (χ0n) is 15.9. The van der Waals surface area contributed by atoms with Gasteiger partial charge in [0.1, 0.15) is 6.04 Å². The average molecular weight is 383 g/mol. The molecule has 2 rings (SSSR count). The van der Waals surface area contributed by atoms with E-state index in [1.807, 2.05) is 13.0 Å². The molecule has 1 fully saturated rings. The van der Waals surface area contributed by atoms with Gasteiger partial charge in [0.05, 0.1) is 4.90 Å². The fraction of sp³-hybridized carbons (Fsp3) is 0.611. The molecule has 146 valence electrons. The Hall–Kier alpha value is -1.48. The Labute approximate surface area is 156 Å². The lowest BCUT2D eigenvalue weighted by molar-refractivity contribution is -0.122. The van der Waals surface area contributed by atoms with Gasteiger partial charge in [0.15, 0.2) is 0 Å². The number of benzene rings is 1. The Morgan fingerprint density at radius 1 is 1.23 bits per heavy atom. The minimum absolute atomic E-state index is 0.116. The van der Waals surface area contributed by atoms with E-state index in [0.717, 1.165) is 18.4 Å². The quantitative estimate of drug-likeness (QED) is 0.502. The van der Waals surface area contributed by atoms with Gasteiger partial charge in [-0.15, -0.1) is 0 Å². The van der Waals surface area contributed by atoms with Gasteiger partial charge in [-0.2, -0.15) is 0 Å². The van der Waals surface area contributed by atoms with Crippen LogP contribution in [0.4, 0.5) is 0 Å². The molecule has 0 spiro atoms. The molecule has 0 saturated carbocycles. The molecule has 4 N–H and O–H groups in total. The summed E-state index contributed by atoms with van der Waals surface area (Å²) in [5.41, 5.74) is 7.74. The topological polar surface area (TPSA) is 99.3 Å². The highest BCUT2D eigenvalue weighted by Crippen LogP contribution is 2.16. The lowest BCUT2D eigenvalue weighted by atomic mass is 10.00. The molecule has 0 aromatic heterocycles. The molecule has 0 radical (unpaired) electrons. The molecule has 8 heteroatoms. The van der Waals surface area contributed by atoms with Crippen molar-refractivity contribution in [3.8, 4) is 0 Å². The Bertz CT molecular complexity index is 734. The van der Waals surface area contributed by atoms with Crippen molar-refractivity contribution < 1.29 is 13.2 Å². The van der Waals surface area contributed by atoms with Gasteiger partial charge in [0, 0.05) is 19.1 Å². The molecule has 1 aromatic carbocycles. The molecule has 2 unspecified atom stereocenters. The van der Waals surface area contributed by atoms with Crippen LogP contribution in [-0.4, -0.2) is 39.5 Å². The predicted octanol–water partition coefficient (Wildman–Crippen LogP) is 0.979. The summed E-state index contributed by atoms with van der Waals surface area (Å²) in [6.45, 7) is 8.32. The molecular formula is C18H30N4O3S. The largest absolute Gasteiger partial charge is 0.353 e. The third-order valence-electron chi connectivity index (χ3n) is 4.40. The van der Waals surface area contributed by atoms with E-state index in [9.17, 15) is 13.2 Å². The van der Waals surface area contributed by atoms with Gasteiger partial charge in [-0.25, -0.2) is 18.6 Å². The highest BCUT2D eigenvalue weighted by molar-refractivity contribution is 7.89. The summed E-state index contributed by atoms with van der Waals surface area (Å²) in [6, 6.07) is 5.32. The zero-order valence-corrected chi connectivity index (χ0v) is 16.7. The smallest absolute Gasteiger partial charge is 0.240 e. The van der Waals surface area contributed by atoms with Crippen molar-refractivity contribution in [3.05, 3.63) is 29.3 Å². The van der Waals surface area contributed by atoms with E-state index in [0.29, 0.717) is 11.5 Å². The second kappa shape index (κ2) is 8.94. The maximum Gasteiger partial charge on any atom is 0.240 e. The fourth-order valence-electron chi connectivity index (χ4n) is 3.09. The Morgan fingerprint density at radius 3 is 2.65 bits per heavy atom. The van der Waals surface area contributed by atoms with Gasteiger partial charge in [0.2, 0.25) is 15.9 Å². The highest BCUT2D eigenvalue weighted by atomic mass is 32.2. The van der Waals surface area contributed by atoms with Crippen LogP contribution in [-0.2, 0) is 14.8 Å². The molecule has 1 heterocycles. The van der Waals surface area contributed by atoms with E-state index in [1.165, 1.54) is 0 Å². The number of hydrazine groups is 1. The normalized spacial score (nSPS) is 20.5. The number of carbonyl (C=O) groups is 1. The lowest BCUT2D eigenvalue weighted by Crippen LogP contribution is -2.45. The molecule has 1 aliphatic rings. The minimum atomic E-state index is -3.58. The Morgan fingerprint density at radius 2 is 1.96 bits per heavy atom. The summed E-state index contributed by atoms with van der Waals surface area (Å²) in [4.78, 5) is 12.5. The van der Waals surface area contributed by atoms with Crippen LogP contribution in [0.5, 0.6) is 0 Å². The van der Waals surface area contributed by atoms with Gasteiger partial charge in [-0.1, -0.05) is 26.0 Å². The summed E-state index contributed by atoms with van der Waals surface area (Å²) in [7, 11) is -3.58. The van der Waals surface area contributed by atoms with Gasteiger partial charge >= 0.3 is 0 Å². The van der Waals surface area contributed by atoms with Gasteiger partial charge in [-0.05, 0) is 49.8 Å². The molecule has 0 aliphatic carbocycles. The lowest BCUT2D eigenvalue weighted by Gasteiger charge is -2.13. The first kappa shape index (κ1) is 20.8. The SMILES string of the molecule is Cc1ccc(C)c(S(=O)(=O)NCCNC(=O)C2CC(CC(C)C)NN2)c1. The number of aryl methyl sites for hydroxylation is 2. The second-order valence-electron chi connectivity index (χ2n) is 7.36. The third-order valence-corrected chi connectivity index (χ3v) is 6.01. The number of sulfonamides is 1. The molecule has 26 heavy (non-hydrogen) atoms. The summed E-state index contributed by atoms with van der Waals surface area (Å²) >= 11 is 0. The summed E-state index contributed by atoms with van der Waals surface area (Å²) in [5, 5.41) is 2.78. The number of amides is 1. The number of hydrogen-bond acceptors (Lipinski definition) is 5. The van der Waals surface area contributed by atoms with E-state index in [2.05, 4.69) is 34.7 Å². The van der Waals surface area contributed by atoms with Crippen molar-refractivity contribution in [2.24, 2.45) is 5.92 Å². The first-order valence-corrected chi connectivity index (χ1v) is 10.5. The van der Waals surface area contributed by atoms with E-state index < -0.39 is 10.0 Å². The van der Waals surface area contributed by atoms with Crippen LogP contribution < -0.4 is 20.9 Å². The number of hydrogen-bond donors (Lipinski definition) is 4. The first-order valence-electron chi connectivity index (χ1n) is 9.04. The van der Waals surface area contributed by atoms with Crippen LogP contribution in [0.15, 0.2) is 23.1 Å². The van der Waals surface area contributed by atoms with Crippen molar-refractivity contribution in [3.63, 3.8) is 0 Å². The standard InChI is InChI=1S/C18H30N4O3S/c1-12(2)9-15-11-16(22-21-15)18(23)19-7-8-20-26(24,25)17-10-13(3)5-6-14(17)4/h5-6,10,12,15-16,20-22H,7-9,11H2,1-4H3,(H,19,23). The molecule has 2 atom stereocenters. The summed E-state index contributed by atoms with van der Waals surface area (Å²) < 4.78 is 27.4. The van der Waals surface area contributed by atoms with E-state index >= 15 is 0 Å². The number of carbonyl (C=O) groups excluding carboxylic acids is 1. The van der Waals surface area contributed by atoms with E-state index in [1.54, 1.807) is 19.1 Å². The maximum absolute atomic E-state index is 12.4. The first-order chi connectivity index (χ1) is 12.2. The highest BCUT2D eigenvalue weighted by Gasteiger charge is 2.29. The van der Waals surface area contributed by atoms with Gasteiger partial charge in [0.25, 0.3) is 0 Å². The van der Waals surface area contributed by atoms with Crippen molar-refractivity contribution in [2.75, 3.05) is 13.1 Å². The van der Waals surface area contributed by atoms with E-state index in [4.69, 9.17) is 0 Å². The Balaban J connectivity index is 1.78. The Kier molecular flexibility index (Phi) is 7.16. The van der Waals surface area contributed by atoms with Crippen molar-refractivity contribution >= 4 is 15.9 Å². The van der Waals surface area contributed by atoms with Gasteiger partial charge in [-0.3, -0.25) is 10.2 Å².